The molecule has 1 atom stereocenters. The second-order valence-corrected chi connectivity index (χ2v) is 9.01. The third-order valence-electron chi connectivity index (χ3n) is 7.05. The van der Waals surface area contributed by atoms with Crippen molar-refractivity contribution in [3.05, 3.63) is 83.7 Å². The second kappa shape index (κ2) is 9.04. The maximum atomic E-state index is 13.2. The number of amides is 1. The number of hydrogen-bond donors (Lipinski definition) is 0. The quantitative estimate of drug-likeness (QED) is 0.593. The van der Waals surface area contributed by atoms with E-state index >= 15 is 0 Å². The van der Waals surface area contributed by atoms with Crippen LogP contribution in [0.5, 0.6) is 0 Å². The van der Waals surface area contributed by atoms with Crippen LogP contribution < -0.4 is 0 Å². The molecule has 5 rings (SSSR count). The van der Waals surface area contributed by atoms with Crippen molar-refractivity contribution in [1.82, 2.24) is 19.9 Å². The molecule has 2 fully saturated rings. The van der Waals surface area contributed by atoms with Crippen molar-refractivity contribution < 1.29 is 4.79 Å². The monoisotopic (exact) mass is 414 g/mol. The first-order chi connectivity index (χ1) is 15.3. The maximum absolute atomic E-state index is 13.2. The van der Waals surface area contributed by atoms with E-state index in [2.05, 4.69) is 34.6 Å². The fraction of sp³-hybridized carbons (Fsp3) is 0.423. The number of aromatic nitrogens is 3. The molecule has 160 valence electrons. The summed E-state index contributed by atoms with van der Waals surface area (Å²) in [7, 11) is 0. The number of nitrogens with zero attached hydrogens (tertiary/aromatic N) is 4. The van der Waals surface area contributed by atoms with Crippen LogP contribution in [0.3, 0.4) is 0 Å². The lowest BCUT2D eigenvalue weighted by Gasteiger charge is -2.27. The number of likely N-dealkylation sites (tertiary alicyclic amines) is 1. The predicted molar refractivity (Wildman–Crippen MR) is 121 cm³/mol. The van der Waals surface area contributed by atoms with Gasteiger partial charge < -0.3 is 4.90 Å². The molecule has 1 aromatic heterocycles. The molecular formula is C26H30N4O. The molecule has 31 heavy (non-hydrogen) atoms. The largest absolute Gasteiger partial charge is 0.337 e. The van der Waals surface area contributed by atoms with Gasteiger partial charge in [0, 0.05) is 13.1 Å². The van der Waals surface area contributed by atoms with Gasteiger partial charge in [-0.3, -0.25) is 4.79 Å². The lowest BCUT2D eigenvalue weighted by molar-refractivity contribution is 0.0773. The van der Waals surface area contributed by atoms with E-state index in [9.17, 15) is 4.79 Å². The molecule has 3 aromatic rings. The number of carbonyl (C=O) groups is 1. The van der Waals surface area contributed by atoms with Crippen molar-refractivity contribution in [3.8, 4) is 0 Å². The topological polar surface area (TPSA) is 51.0 Å². The Morgan fingerprint density at radius 3 is 2.13 bits per heavy atom. The SMILES string of the molecule is O=C(c1cn(C(c2ccccc2)c2ccccc2)nn1)N1CC[C@@H](C2CCCCC2)C1. The molecule has 0 radical (unpaired) electrons. The molecular weight excluding hydrogens is 384 g/mol. The molecule has 2 aromatic carbocycles. The molecule has 5 heteroatoms. The molecule has 0 bridgehead atoms. The van der Waals surface area contributed by atoms with Crippen molar-refractivity contribution in [2.24, 2.45) is 11.8 Å². The number of rotatable bonds is 5. The number of hydrogen-bond acceptors (Lipinski definition) is 3. The van der Waals surface area contributed by atoms with Gasteiger partial charge in [0.15, 0.2) is 5.69 Å². The van der Waals surface area contributed by atoms with Gasteiger partial charge in [0.05, 0.1) is 6.20 Å². The van der Waals surface area contributed by atoms with Gasteiger partial charge in [-0.25, -0.2) is 4.68 Å². The summed E-state index contributed by atoms with van der Waals surface area (Å²) in [4.78, 5) is 15.2. The molecule has 5 nitrogen and oxygen atoms in total. The highest BCUT2D eigenvalue weighted by molar-refractivity contribution is 5.92. The van der Waals surface area contributed by atoms with Gasteiger partial charge in [-0.1, -0.05) is 98.0 Å². The standard InChI is InChI=1S/C26H30N4O/c31-26(29-17-16-23(18-29)20-10-4-1-5-11-20)24-19-30(28-27-24)25(21-12-6-2-7-13-21)22-14-8-3-9-15-22/h2-3,6-9,12-15,19-20,23,25H,1,4-5,10-11,16-18H2/t23-/m1/s1. The predicted octanol–water partition coefficient (Wildman–Crippen LogP) is 4.96. The highest BCUT2D eigenvalue weighted by atomic mass is 16.2. The van der Waals surface area contributed by atoms with Gasteiger partial charge in [0.2, 0.25) is 0 Å². The summed E-state index contributed by atoms with van der Waals surface area (Å²) in [5.74, 6) is 1.47. The van der Waals surface area contributed by atoms with Crippen LogP contribution in [0.25, 0.3) is 0 Å². The lowest BCUT2D eigenvalue weighted by atomic mass is 9.80. The third-order valence-corrected chi connectivity index (χ3v) is 7.05. The van der Waals surface area contributed by atoms with E-state index in [4.69, 9.17) is 0 Å². The van der Waals surface area contributed by atoms with Crippen LogP contribution in [0, 0.1) is 11.8 Å². The Hall–Kier alpha value is -2.95. The summed E-state index contributed by atoms with van der Waals surface area (Å²) < 4.78 is 1.83. The number of carbonyl (C=O) groups excluding carboxylic acids is 1. The average molecular weight is 415 g/mol. The van der Waals surface area contributed by atoms with Crippen LogP contribution in [0.4, 0.5) is 0 Å². The summed E-state index contributed by atoms with van der Waals surface area (Å²) in [6.45, 7) is 1.71. The van der Waals surface area contributed by atoms with E-state index in [1.165, 1.54) is 32.1 Å². The Balaban J connectivity index is 1.35. The fourth-order valence-corrected chi connectivity index (χ4v) is 5.39. The van der Waals surface area contributed by atoms with E-state index in [-0.39, 0.29) is 11.9 Å². The minimum Gasteiger partial charge on any atom is -0.337 e. The first-order valence-electron chi connectivity index (χ1n) is 11.6. The minimum absolute atomic E-state index is 0.0180. The summed E-state index contributed by atoms with van der Waals surface area (Å²) in [6.07, 6.45) is 9.69. The molecule has 2 aliphatic rings. The Labute approximate surface area is 184 Å². The zero-order valence-electron chi connectivity index (χ0n) is 17.9. The Bertz CT molecular complexity index is 955. The van der Waals surface area contributed by atoms with E-state index in [0.29, 0.717) is 11.6 Å². The van der Waals surface area contributed by atoms with Gasteiger partial charge in [0.25, 0.3) is 5.91 Å². The Kier molecular flexibility index (Phi) is 5.83. The first-order valence-corrected chi connectivity index (χ1v) is 11.6. The van der Waals surface area contributed by atoms with Crippen molar-refractivity contribution in [2.75, 3.05) is 13.1 Å². The second-order valence-electron chi connectivity index (χ2n) is 9.01. The summed E-state index contributed by atoms with van der Waals surface area (Å²) >= 11 is 0. The first kappa shape index (κ1) is 20.0. The van der Waals surface area contributed by atoms with Gasteiger partial charge in [0.1, 0.15) is 6.04 Å². The van der Waals surface area contributed by atoms with Crippen LogP contribution in [0.2, 0.25) is 0 Å². The summed E-state index contributed by atoms with van der Waals surface area (Å²) in [6, 6.07) is 20.4. The highest BCUT2D eigenvalue weighted by Gasteiger charge is 2.33. The van der Waals surface area contributed by atoms with Gasteiger partial charge >= 0.3 is 0 Å². The van der Waals surface area contributed by atoms with Crippen molar-refractivity contribution in [1.29, 1.82) is 0 Å². The molecule has 1 aliphatic heterocycles. The zero-order valence-corrected chi connectivity index (χ0v) is 17.9. The van der Waals surface area contributed by atoms with Crippen molar-refractivity contribution in [2.45, 2.75) is 44.6 Å². The highest BCUT2D eigenvalue weighted by Crippen LogP contribution is 2.35. The summed E-state index contributed by atoms with van der Waals surface area (Å²) in [5.41, 5.74) is 2.69. The zero-order chi connectivity index (χ0) is 21.0. The number of benzene rings is 2. The molecule has 1 amide bonds. The van der Waals surface area contributed by atoms with Gasteiger partial charge in [-0.2, -0.15) is 0 Å². The van der Waals surface area contributed by atoms with Crippen LogP contribution in [0.1, 0.15) is 66.2 Å². The molecule has 0 unspecified atom stereocenters. The Morgan fingerprint density at radius 2 is 1.48 bits per heavy atom. The minimum atomic E-state index is -0.106. The normalized spacial score (nSPS) is 19.8. The van der Waals surface area contributed by atoms with Crippen LogP contribution in [0.15, 0.2) is 66.9 Å². The lowest BCUT2D eigenvalue weighted by Crippen LogP contribution is -2.30. The van der Waals surface area contributed by atoms with Gasteiger partial charge in [-0.05, 0) is 29.4 Å². The molecule has 1 saturated carbocycles. The molecule has 0 N–H and O–H groups in total. The van der Waals surface area contributed by atoms with E-state index in [1.54, 1.807) is 0 Å². The van der Waals surface area contributed by atoms with Gasteiger partial charge in [-0.15, -0.1) is 5.10 Å². The smallest absolute Gasteiger partial charge is 0.276 e. The fourth-order valence-electron chi connectivity index (χ4n) is 5.39. The van der Waals surface area contributed by atoms with Crippen molar-refractivity contribution >= 4 is 5.91 Å². The maximum Gasteiger partial charge on any atom is 0.276 e. The average Bonchev–Trinajstić information content (AvgIpc) is 3.52. The van der Waals surface area contributed by atoms with E-state index in [0.717, 1.165) is 36.6 Å². The molecule has 1 aliphatic carbocycles. The van der Waals surface area contributed by atoms with E-state index in [1.807, 2.05) is 52.2 Å². The van der Waals surface area contributed by atoms with Crippen molar-refractivity contribution in [3.63, 3.8) is 0 Å². The Morgan fingerprint density at radius 1 is 0.839 bits per heavy atom. The molecule has 0 spiro atoms. The van der Waals surface area contributed by atoms with Crippen LogP contribution in [-0.2, 0) is 0 Å². The van der Waals surface area contributed by atoms with E-state index < -0.39 is 0 Å². The van der Waals surface area contributed by atoms with Crippen LogP contribution >= 0.6 is 0 Å². The third kappa shape index (κ3) is 4.27. The van der Waals surface area contributed by atoms with Crippen LogP contribution in [-0.4, -0.2) is 38.9 Å². The summed E-state index contributed by atoms with van der Waals surface area (Å²) in [5, 5.41) is 8.68. The molecule has 2 heterocycles. The molecule has 1 saturated heterocycles.